The van der Waals surface area contributed by atoms with Crippen LogP contribution in [0.2, 0.25) is 0 Å². The normalized spacial score (nSPS) is 29.8. The number of fused-ring (bicyclic) bond motifs is 3. The lowest BCUT2D eigenvalue weighted by molar-refractivity contribution is 0.304. The molecule has 1 heterocycles. The molecule has 0 spiro atoms. The third-order valence-corrected chi connectivity index (χ3v) is 5.36. The number of anilines is 1. The summed E-state index contributed by atoms with van der Waals surface area (Å²) in [5.74, 6) is 2.78. The summed E-state index contributed by atoms with van der Waals surface area (Å²) in [6.07, 6.45) is 7.65. The van der Waals surface area contributed by atoms with Gasteiger partial charge in [-0.3, -0.25) is 0 Å². The number of aromatic nitrogens is 2. The van der Waals surface area contributed by atoms with Crippen molar-refractivity contribution < 1.29 is 0 Å². The van der Waals surface area contributed by atoms with Crippen molar-refractivity contribution in [1.29, 1.82) is 0 Å². The van der Waals surface area contributed by atoms with Gasteiger partial charge in [-0.25, -0.2) is 0 Å². The summed E-state index contributed by atoms with van der Waals surface area (Å²) in [7, 11) is 0. The monoisotopic (exact) mass is 267 g/mol. The molecule has 2 aliphatic rings. The van der Waals surface area contributed by atoms with Gasteiger partial charge >= 0.3 is 0 Å². The summed E-state index contributed by atoms with van der Waals surface area (Å²) in [4.78, 5) is 0. The Kier molecular flexibility index (Phi) is 2.86. The lowest BCUT2D eigenvalue weighted by Gasteiger charge is -2.29. The number of hydrogen-bond acceptors (Lipinski definition) is 3. The smallest absolute Gasteiger partial charge is 0.0950 e. The topological polar surface area (TPSA) is 37.8 Å². The van der Waals surface area contributed by atoms with E-state index in [0.29, 0.717) is 6.04 Å². The Labute approximate surface area is 119 Å². The van der Waals surface area contributed by atoms with Crippen molar-refractivity contribution in [2.75, 3.05) is 5.32 Å². The minimum Gasteiger partial charge on any atom is -0.380 e. The second-order valence-corrected chi connectivity index (χ2v) is 6.55. The zero-order valence-corrected chi connectivity index (χ0v) is 11.9. The summed E-state index contributed by atoms with van der Waals surface area (Å²) in [5.41, 5.74) is 2.10. The van der Waals surface area contributed by atoms with Crippen LogP contribution in [-0.4, -0.2) is 16.2 Å². The quantitative estimate of drug-likeness (QED) is 0.917. The molecule has 0 amide bonds. The molecule has 0 aliphatic heterocycles. The summed E-state index contributed by atoms with van der Waals surface area (Å²) in [6.45, 7) is 2.33. The molecule has 4 atom stereocenters. The fraction of sp³-hybridized carbons (Fsp3) is 0.529. The van der Waals surface area contributed by atoms with E-state index in [1.165, 1.54) is 31.1 Å². The first-order valence-electron chi connectivity index (χ1n) is 7.78. The largest absolute Gasteiger partial charge is 0.380 e. The highest BCUT2D eigenvalue weighted by Gasteiger charge is 2.41. The van der Waals surface area contributed by atoms with E-state index in [1.54, 1.807) is 0 Å². The lowest BCUT2D eigenvalue weighted by Crippen LogP contribution is -2.30. The summed E-state index contributed by atoms with van der Waals surface area (Å²) < 4.78 is 0. The summed E-state index contributed by atoms with van der Waals surface area (Å²) >= 11 is 0. The Morgan fingerprint density at radius 2 is 2.10 bits per heavy atom. The second-order valence-electron chi connectivity index (χ2n) is 6.55. The fourth-order valence-corrected chi connectivity index (χ4v) is 4.38. The zero-order valence-electron chi connectivity index (χ0n) is 11.9. The van der Waals surface area contributed by atoms with Crippen LogP contribution in [-0.2, 0) is 0 Å². The highest BCUT2D eigenvalue weighted by molar-refractivity contribution is 5.90. The van der Waals surface area contributed by atoms with Gasteiger partial charge in [0.1, 0.15) is 0 Å². The first-order chi connectivity index (χ1) is 9.81. The molecule has 1 aromatic carbocycles. The lowest BCUT2D eigenvalue weighted by atomic mass is 9.84. The van der Waals surface area contributed by atoms with Gasteiger partial charge in [-0.2, -0.15) is 10.2 Å². The van der Waals surface area contributed by atoms with Crippen LogP contribution in [0.5, 0.6) is 0 Å². The predicted molar refractivity (Wildman–Crippen MR) is 81.6 cm³/mol. The highest BCUT2D eigenvalue weighted by atomic mass is 15.1. The van der Waals surface area contributed by atoms with Gasteiger partial charge in [-0.1, -0.05) is 24.6 Å². The minimum absolute atomic E-state index is 0.526. The number of nitrogens with zero attached hydrogens (tertiary/aromatic N) is 2. The zero-order chi connectivity index (χ0) is 13.5. The van der Waals surface area contributed by atoms with Gasteiger partial charge in [0.05, 0.1) is 17.4 Å². The Hall–Kier alpha value is -1.64. The van der Waals surface area contributed by atoms with Gasteiger partial charge in [-0.05, 0) is 50.0 Å². The molecule has 4 rings (SSSR count). The summed E-state index contributed by atoms with van der Waals surface area (Å²) in [5, 5.41) is 13.2. The first-order valence-corrected chi connectivity index (χ1v) is 7.78. The van der Waals surface area contributed by atoms with E-state index >= 15 is 0 Å². The molecule has 0 saturated heterocycles. The number of rotatable bonds is 3. The minimum atomic E-state index is 0.526. The SMILES string of the molecule is CC(Nc1cnnc2ccccc12)C1CC2CCC1C2. The van der Waals surface area contributed by atoms with Crippen LogP contribution in [0.25, 0.3) is 10.9 Å². The number of hydrogen-bond donors (Lipinski definition) is 1. The van der Waals surface area contributed by atoms with Crippen molar-refractivity contribution in [2.45, 2.75) is 38.6 Å². The van der Waals surface area contributed by atoms with Crippen molar-refractivity contribution in [1.82, 2.24) is 10.2 Å². The van der Waals surface area contributed by atoms with E-state index in [4.69, 9.17) is 0 Å². The molecule has 1 aromatic heterocycles. The molecule has 2 bridgehead atoms. The van der Waals surface area contributed by atoms with Gasteiger partial charge in [0, 0.05) is 11.4 Å². The van der Waals surface area contributed by atoms with Gasteiger partial charge in [0.15, 0.2) is 0 Å². The molecule has 3 nitrogen and oxygen atoms in total. The number of nitrogens with one attached hydrogen (secondary N) is 1. The molecule has 20 heavy (non-hydrogen) atoms. The average Bonchev–Trinajstić information content (AvgIpc) is 3.10. The van der Waals surface area contributed by atoms with Crippen molar-refractivity contribution in [2.24, 2.45) is 17.8 Å². The van der Waals surface area contributed by atoms with Crippen molar-refractivity contribution in [3.05, 3.63) is 30.5 Å². The van der Waals surface area contributed by atoms with Crippen molar-refractivity contribution in [3.8, 4) is 0 Å². The first kappa shape index (κ1) is 12.1. The van der Waals surface area contributed by atoms with Crippen molar-refractivity contribution in [3.63, 3.8) is 0 Å². The van der Waals surface area contributed by atoms with E-state index in [2.05, 4.69) is 34.6 Å². The van der Waals surface area contributed by atoms with Gasteiger partial charge < -0.3 is 5.32 Å². The molecule has 2 aliphatic carbocycles. The molecule has 2 fully saturated rings. The van der Waals surface area contributed by atoms with Gasteiger partial charge in [0.25, 0.3) is 0 Å². The molecule has 2 saturated carbocycles. The van der Waals surface area contributed by atoms with Crippen molar-refractivity contribution >= 4 is 16.6 Å². The van der Waals surface area contributed by atoms with Crippen LogP contribution in [0.3, 0.4) is 0 Å². The highest BCUT2D eigenvalue weighted by Crippen LogP contribution is 2.49. The third kappa shape index (κ3) is 1.96. The molecule has 104 valence electrons. The van der Waals surface area contributed by atoms with Crippen LogP contribution in [0.15, 0.2) is 30.5 Å². The molecular formula is C17H21N3. The van der Waals surface area contributed by atoms with Crippen LogP contribution in [0.1, 0.15) is 32.6 Å². The maximum atomic E-state index is 4.19. The average molecular weight is 267 g/mol. The maximum absolute atomic E-state index is 4.19. The van der Waals surface area contributed by atoms with Crippen LogP contribution < -0.4 is 5.32 Å². The number of benzene rings is 1. The Morgan fingerprint density at radius 1 is 1.20 bits per heavy atom. The third-order valence-electron chi connectivity index (χ3n) is 5.36. The Bertz CT molecular complexity index is 619. The Balaban J connectivity index is 1.58. The summed E-state index contributed by atoms with van der Waals surface area (Å²) in [6, 6.07) is 8.76. The molecule has 3 heteroatoms. The molecule has 1 N–H and O–H groups in total. The van der Waals surface area contributed by atoms with E-state index in [1.807, 2.05) is 18.3 Å². The van der Waals surface area contributed by atoms with Crippen LogP contribution >= 0.6 is 0 Å². The predicted octanol–water partition coefficient (Wildman–Crippen LogP) is 3.87. The molecule has 4 unspecified atom stereocenters. The van der Waals surface area contributed by atoms with E-state index in [9.17, 15) is 0 Å². The van der Waals surface area contributed by atoms with E-state index in [-0.39, 0.29) is 0 Å². The molecule has 2 aromatic rings. The van der Waals surface area contributed by atoms with E-state index < -0.39 is 0 Å². The molecule has 0 radical (unpaired) electrons. The van der Waals surface area contributed by atoms with Gasteiger partial charge in [-0.15, -0.1) is 0 Å². The fourth-order valence-electron chi connectivity index (χ4n) is 4.38. The Morgan fingerprint density at radius 3 is 2.90 bits per heavy atom. The van der Waals surface area contributed by atoms with E-state index in [0.717, 1.165) is 29.0 Å². The second kappa shape index (κ2) is 4.72. The van der Waals surface area contributed by atoms with Crippen LogP contribution in [0, 0.1) is 17.8 Å². The van der Waals surface area contributed by atoms with Gasteiger partial charge in [0.2, 0.25) is 0 Å². The standard InChI is InChI=1S/C17H21N3/c1-11(15-9-12-6-7-13(15)8-12)19-17-10-18-20-16-5-3-2-4-14(16)17/h2-5,10-13,15H,6-9H2,1H3,(H,19,20). The maximum Gasteiger partial charge on any atom is 0.0950 e. The molecular weight excluding hydrogens is 246 g/mol. The van der Waals surface area contributed by atoms with Crippen LogP contribution in [0.4, 0.5) is 5.69 Å².